The van der Waals surface area contributed by atoms with Crippen LogP contribution in [0.1, 0.15) is 5.56 Å². The number of nitrogens with one attached hydrogen (secondary N) is 2. The third kappa shape index (κ3) is 3.74. The maximum absolute atomic E-state index is 14.4. The molecule has 4 rings (SSSR count). The van der Waals surface area contributed by atoms with Crippen molar-refractivity contribution in [2.75, 3.05) is 31.2 Å². The first-order valence-electron chi connectivity index (χ1n) is 8.62. The summed E-state index contributed by atoms with van der Waals surface area (Å²) < 4.78 is 47.2. The van der Waals surface area contributed by atoms with Crippen LogP contribution in [0, 0.1) is 17.5 Å². The number of halogens is 4. The minimum Gasteiger partial charge on any atom is -0.378 e. The van der Waals surface area contributed by atoms with Gasteiger partial charge in [-0.2, -0.15) is 0 Å². The van der Waals surface area contributed by atoms with Crippen LogP contribution in [0.3, 0.4) is 0 Å². The van der Waals surface area contributed by atoms with Gasteiger partial charge in [-0.15, -0.1) is 0 Å². The molecule has 1 aliphatic heterocycles. The average Bonchev–Trinajstić information content (AvgIpc) is 3.18. The van der Waals surface area contributed by atoms with E-state index in [9.17, 15) is 18.4 Å². The van der Waals surface area contributed by atoms with Crippen LogP contribution in [-0.2, 0) is 4.74 Å². The quantitative estimate of drug-likeness (QED) is 0.339. The fraction of sp³-hybridized carbons (Fsp3) is 0.222. The monoisotopic (exact) mass is 425 g/mol. The van der Waals surface area contributed by atoms with Crippen LogP contribution in [0.4, 0.5) is 24.8 Å². The number of rotatable bonds is 3. The van der Waals surface area contributed by atoms with Gasteiger partial charge in [-0.05, 0) is 24.3 Å². The van der Waals surface area contributed by atoms with Crippen LogP contribution < -0.4 is 10.4 Å². The SMILES string of the molecule is ONC(=Nc1ccc(F)c(Cl)c1)c1cc(F)c(F)c2nc(N3CCOCC3)[nH]c12. The van der Waals surface area contributed by atoms with Crippen LogP contribution in [0.5, 0.6) is 0 Å². The van der Waals surface area contributed by atoms with E-state index in [4.69, 9.17) is 16.3 Å². The normalized spacial score (nSPS) is 15.2. The maximum atomic E-state index is 14.4. The van der Waals surface area contributed by atoms with E-state index >= 15 is 0 Å². The Bertz CT molecular complexity index is 1100. The number of aromatic nitrogens is 2. The number of H-pyrrole nitrogens is 1. The molecule has 0 saturated carbocycles. The Balaban J connectivity index is 1.84. The zero-order valence-electron chi connectivity index (χ0n) is 14.8. The molecule has 0 unspecified atom stereocenters. The standard InChI is InChI=1S/C18H15ClF3N5O2/c19-11-7-9(1-2-12(11)20)23-17(26-28)10-8-13(21)14(22)16-15(10)24-18(25-16)27-3-5-29-6-4-27/h1-2,7-8,28H,3-6H2,(H,23,26)(H,24,25). The summed E-state index contributed by atoms with van der Waals surface area (Å²) in [6.45, 7) is 2.03. The van der Waals surface area contributed by atoms with Crippen molar-refractivity contribution in [2.24, 2.45) is 4.99 Å². The lowest BCUT2D eigenvalue weighted by molar-refractivity contribution is 0.122. The van der Waals surface area contributed by atoms with Crippen LogP contribution in [0.15, 0.2) is 29.3 Å². The third-order valence-corrected chi connectivity index (χ3v) is 4.75. The molecule has 11 heteroatoms. The predicted octanol–water partition coefficient (Wildman–Crippen LogP) is 3.53. The zero-order valence-corrected chi connectivity index (χ0v) is 15.6. The van der Waals surface area contributed by atoms with Gasteiger partial charge in [0, 0.05) is 18.7 Å². The molecule has 2 aromatic carbocycles. The molecule has 152 valence electrons. The number of anilines is 1. The van der Waals surface area contributed by atoms with E-state index in [1.54, 1.807) is 0 Å². The summed E-state index contributed by atoms with van der Waals surface area (Å²) >= 11 is 5.75. The number of hydroxylamine groups is 1. The minimum atomic E-state index is -1.16. The Morgan fingerprint density at radius 3 is 2.66 bits per heavy atom. The lowest BCUT2D eigenvalue weighted by Gasteiger charge is -2.26. The number of amidine groups is 1. The number of hydrogen-bond donors (Lipinski definition) is 3. The maximum Gasteiger partial charge on any atom is 0.204 e. The van der Waals surface area contributed by atoms with Crippen molar-refractivity contribution in [3.8, 4) is 0 Å². The number of ether oxygens (including phenoxy) is 1. The lowest BCUT2D eigenvalue weighted by Crippen LogP contribution is -2.36. The Morgan fingerprint density at radius 1 is 1.21 bits per heavy atom. The van der Waals surface area contributed by atoms with E-state index < -0.39 is 17.5 Å². The van der Waals surface area contributed by atoms with E-state index in [1.807, 2.05) is 10.4 Å². The fourth-order valence-corrected chi connectivity index (χ4v) is 3.21. The second-order valence-electron chi connectivity index (χ2n) is 6.27. The molecule has 0 radical (unpaired) electrons. The van der Waals surface area contributed by atoms with E-state index in [0.717, 1.165) is 12.1 Å². The zero-order chi connectivity index (χ0) is 20.5. The molecular formula is C18H15ClF3N5O2. The molecule has 0 bridgehead atoms. The van der Waals surface area contributed by atoms with Gasteiger partial charge >= 0.3 is 0 Å². The van der Waals surface area contributed by atoms with Crippen molar-refractivity contribution in [3.63, 3.8) is 0 Å². The summed E-state index contributed by atoms with van der Waals surface area (Å²) in [6, 6.07) is 4.54. The fourth-order valence-electron chi connectivity index (χ4n) is 3.03. The number of aromatic amines is 1. The van der Waals surface area contributed by atoms with Gasteiger partial charge in [0.2, 0.25) is 5.95 Å². The number of imidazole rings is 1. The summed E-state index contributed by atoms with van der Waals surface area (Å²) in [7, 11) is 0. The summed E-state index contributed by atoms with van der Waals surface area (Å²) in [5, 5.41) is 9.40. The molecular weight excluding hydrogens is 411 g/mol. The van der Waals surface area contributed by atoms with Gasteiger partial charge in [0.05, 0.1) is 29.4 Å². The molecule has 7 nitrogen and oxygen atoms in total. The van der Waals surface area contributed by atoms with E-state index in [1.165, 1.54) is 12.1 Å². The highest BCUT2D eigenvalue weighted by Gasteiger charge is 2.22. The molecule has 3 aromatic rings. The molecule has 29 heavy (non-hydrogen) atoms. The van der Waals surface area contributed by atoms with Gasteiger partial charge in [0.15, 0.2) is 17.5 Å². The molecule has 1 saturated heterocycles. The number of nitrogens with zero attached hydrogens (tertiary/aromatic N) is 3. The van der Waals surface area contributed by atoms with E-state index in [-0.39, 0.29) is 33.1 Å². The summed E-state index contributed by atoms with van der Waals surface area (Å²) in [5.74, 6) is -2.78. The van der Waals surface area contributed by atoms with Crippen molar-refractivity contribution in [1.29, 1.82) is 0 Å². The number of aliphatic imine (C=N–C) groups is 1. The molecule has 3 N–H and O–H groups in total. The Morgan fingerprint density at radius 2 is 1.97 bits per heavy atom. The molecule has 0 atom stereocenters. The van der Waals surface area contributed by atoms with Crippen LogP contribution in [-0.4, -0.2) is 47.3 Å². The molecule has 1 aromatic heterocycles. The highest BCUT2D eigenvalue weighted by Crippen LogP contribution is 2.28. The van der Waals surface area contributed by atoms with Gasteiger partial charge < -0.3 is 14.6 Å². The molecule has 1 fully saturated rings. The number of morpholine rings is 1. The summed E-state index contributed by atoms with van der Waals surface area (Å²) in [4.78, 5) is 13.1. The Kier molecular flexibility index (Phi) is 5.31. The van der Waals surface area contributed by atoms with Crippen LogP contribution >= 0.6 is 11.6 Å². The lowest BCUT2D eigenvalue weighted by atomic mass is 10.1. The van der Waals surface area contributed by atoms with Crippen molar-refractivity contribution in [2.45, 2.75) is 0 Å². The van der Waals surface area contributed by atoms with E-state index in [0.29, 0.717) is 32.3 Å². The first-order valence-corrected chi connectivity index (χ1v) is 9.00. The van der Waals surface area contributed by atoms with Crippen molar-refractivity contribution in [1.82, 2.24) is 15.4 Å². The van der Waals surface area contributed by atoms with Crippen LogP contribution in [0.25, 0.3) is 11.0 Å². The Labute approximate surface area is 167 Å². The van der Waals surface area contributed by atoms with E-state index in [2.05, 4.69) is 15.0 Å². The van der Waals surface area contributed by atoms with Gasteiger partial charge in [-0.25, -0.2) is 23.1 Å². The first kappa shape index (κ1) is 19.5. The van der Waals surface area contributed by atoms with Gasteiger partial charge in [-0.3, -0.25) is 10.7 Å². The Hall–Kier alpha value is -2.82. The third-order valence-electron chi connectivity index (χ3n) is 4.47. The second kappa shape index (κ2) is 7.90. The summed E-state index contributed by atoms with van der Waals surface area (Å²) in [6.07, 6.45) is 0. The first-order chi connectivity index (χ1) is 14.0. The minimum absolute atomic E-state index is 0.0360. The second-order valence-corrected chi connectivity index (χ2v) is 6.68. The van der Waals surface area contributed by atoms with Crippen molar-refractivity contribution in [3.05, 3.63) is 52.3 Å². The summed E-state index contributed by atoms with van der Waals surface area (Å²) in [5.41, 5.74) is 2.00. The molecule has 0 amide bonds. The topological polar surface area (TPSA) is 85.8 Å². The highest BCUT2D eigenvalue weighted by molar-refractivity contribution is 6.31. The number of hydrogen-bond acceptors (Lipinski definition) is 5. The number of fused-ring (bicyclic) bond motifs is 1. The van der Waals surface area contributed by atoms with Gasteiger partial charge in [0.1, 0.15) is 11.3 Å². The average molecular weight is 426 g/mol. The number of benzene rings is 2. The van der Waals surface area contributed by atoms with Crippen LogP contribution in [0.2, 0.25) is 5.02 Å². The van der Waals surface area contributed by atoms with Crippen molar-refractivity contribution < 1.29 is 23.1 Å². The molecule has 0 spiro atoms. The van der Waals surface area contributed by atoms with Gasteiger partial charge in [-0.1, -0.05) is 11.6 Å². The largest absolute Gasteiger partial charge is 0.378 e. The molecule has 2 heterocycles. The van der Waals surface area contributed by atoms with Crippen molar-refractivity contribution >= 4 is 40.1 Å². The molecule has 1 aliphatic rings. The predicted molar refractivity (Wildman–Crippen MR) is 102 cm³/mol. The van der Waals surface area contributed by atoms with Gasteiger partial charge in [0.25, 0.3) is 0 Å². The smallest absolute Gasteiger partial charge is 0.204 e. The highest BCUT2D eigenvalue weighted by atomic mass is 35.5. The molecule has 0 aliphatic carbocycles.